The van der Waals surface area contributed by atoms with Gasteiger partial charge in [-0.1, -0.05) is 36.4 Å². The first-order chi connectivity index (χ1) is 17.1. The minimum absolute atomic E-state index is 0.119. The maximum atomic E-state index is 13.1. The molecule has 2 aromatic carbocycles. The topological polar surface area (TPSA) is 86.8 Å². The lowest BCUT2D eigenvalue weighted by atomic mass is 9.86. The number of nitrogens with one attached hydrogen (secondary N) is 1. The second-order valence-electron chi connectivity index (χ2n) is 9.50. The Kier molecular flexibility index (Phi) is 8.35. The maximum absolute atomic E-state index is 13.1. The number of amides is 1. The molecular weight excluding hydrogens is 456 g/mol. The molecule has 0 saturated carbocycles. The molecular formula is C29H34N2O5. The Bertz CT molecular complexity index is 1230. The maximum Gasteiger partial charge on any atom is 0.408 e. The Morgan fingerprint density at radius 1 is 1.08 bits per heavy atom. The van der Waals surface area contributed by atoms with Crippen LogP contribution in [0, 0.1) is 6.92 Å². The predicted molar refractivity (Wildman–Crippen MR) is 140 cm³/mol. The van der Waals surface area contributed by atoms with E-state index < -0.39 is 23.2 Å². The van der Waals surface area contributed by atoms with Gasteiger partial charge in [0.05, 0.1) is 12.1 Å². The van der Waals surface area contributed by atoms with Crippen LogP contribution < -0.4 is 10.1 Å². The van der Waals surface area contributed by atoms with Gasteiger partial charge in [-0.25, -0.2) is 9.59 Å². The zero-order valence-corrected chi connectivity index (χ0v) is 21.6. The molecule has 0 aliphatic carbocycles. The third kappa shape index (κ3) is 6.42. The molecule has 1 amide bonds. The highest BCUT2D eigenvalue weighted by atomic mass is 16.6. The average molecular weight is 491 g/mol. The molecule has 1 atom stereocenters. The van der Waals surface area contributed by atoms with Gasteiger partial charge in [-0.05, 0) is 64.4 Å². The van der Waals surface area contributed by atoms with Crippen molar-refractivity contribution >= 4 is 23.0 Å². The number of aromatic nitrogens is 1. The smallest absolute Gasteiger partial charge is 0.408 e. The van der Waals surface area contributed by atoms with Crippen LogP contribution in [-0.2, 0) is 26.4 Å². The molecule has 0 fully saturated rings. The van der Waals surface area contributed by atoms with E-state index in [-0.39, 0.29) is 13.0 Å². The van der Waals surface area contributed by atoms with E-state index in [1.807, 2.05) is 37.3 Å². The highest BCUT2D eigenvalue weighted by Gasteiger charge is 2.43. The fourth-order valence-corrected chi connectivity index (χ4v) is 3.95. The molecule has 7 heteroatoms. The summed E-state index contributed by atoms with van der Waals surface area (Å²) in [5.74, 6) is 0.0223. The van der Waals surface area contributed by atoms with Crippen molar-refractivity contribution in [2.75, 3.05) is 6.61 Å². The molecule has 0 unspecified atom stereocenters. The number of ether oxygens (including phenoxy) is 3. The van der Waals surface area contributed by atoms with E-state index in [1.165, 1.54) is 0 Å². The number of aryl methyl sites for hydroxylation is 1. The zero-order chi connectivity index (χ0) is 26.3. The van der Waals surface area contributed by atoms with E-state index in [0.29, 0.717) is 17.9 Å². The molecule has 1 heterocycles. The molecule has 1 aromatic heterocycles. The van der Waals surface area contributed by atoms with Crippen molar-refractivity contribution in [2.45, 2.75) is 58.8 Å². The first kappa shape index (κ1) is 26.7. The van der Waals surface area contributed by atoms with Crippen molar-refractivity contribution in [3.63, 3.8) is 0 Å². The summed E-state index contributed by atoms with van der Waals surface area (Å²) in [7, 11) is 0. The second-order valence-corrected chi connectivity index (χ2v) is 9.50. The molecule has 0 aliphatic rings. The number of rotatable bonds is 9. The van der Waals surface area contributed by atoms with Gasteiger partial charge in [-0.15, -0.1) is 6.58 Å². The molecule has 190 valence electrons. The molecule has 0 bridgehead atoms. The van der Waals surface area contributed by atoms with E-state index in [2.05, 4.69) is 16.9 Å². The van der Waals surface area contributed by atoms with Crippen LogP contribution >= 0.6 is 0 Å². The van der Waals surface area contributed by atoms with Crippen molar-refractivity contribution < 1.29 is 23.8 Å². The molecule has 36 heavy (non-hydrogen) atoms. The van der Waals surface area contributed by atoms with Gasteiger partial charge in [-0.2, -0.15) is 0 Å². The molecule has 0 saturated heterocycles. The van der Waals surface area contributed by atoms with E-state index >= 15 is 0 Å². The Morgan fingerprint density at radius 2 is 1.78 bits per heavy atom. The number of nitrogens with zero attached hydrogens (tertiary/aromatic N) is 1. The first-order valence-corrected chi connectivity index (χ1v) is 12.0. The summed E-state index contributed by atoms with van der Waals surface area (Å²) in [6.07, 6.45) is 0.959. The quantitative estimate of drug-likeness (QED) is 0.293. The van der Waals surface area contributed by atoms with Crippen LogP contribution in [0.15, 0.2) is 67.3 Å². The van der Waals surface area contributed by atoms with Crippen molar-refractivity contribution in [3.05, 3.63) is 84.1 Å². The van der Waals surface area contributed by atoms with Gasteiger partial charge in [0.15, 0.2) is 5.54 Å². The molecule has 1 N–H and O–H groups in total. The van der Waals surface area contributed by atoms with Gasteiger partial charge < -0.3 is 19.5 Å². The van der Waals surface area contributed by atoms with Crippen molar-refractivity contribution in [1.29, 1.82) is 0 Å². The number of carbonyl (C=O) groups is 2. The van der Waals surface area contributed by atoms with Crippen LogP contribution in [0.3, 0.4) is 0 Å². The van der Waals surface area contributed by atoms with Gasteiger partial charge in [0.25, 0.3) is 0 Å². The fourth-order valence-electron chi connectivity index (χ4n) is 3.95. The predicted octanol–water partition coefficient (Wildman–Crippen LogP) is 5.98. The Balaban J connectivity index is 1.87. The molecule has 0 spiro atoms. The van der Waals surface area contributed by atoms with Crippen LogP contribution in [0.1, 0.15) is 50.9 Å². The average Bonchev–Trinajstić information content (AvgIpc) is 2.81. The molecule has 0 radical (unpaired) electrons. The van der Waals surface area contributed by atoms with Crippen LogP contribution in [0.2, 0.25) is 0 Å². The van der Waals surface area contributed by atoms with Gasteiger partial charge in [0.1, 0.15) is 18.0 Å². The van der Waals surface area contributed by atoms with Crippen molar-refractivity contribution in [3.8, 4) is 5.75 Å². The monoisotopic (exact) mass is 490 g/mol. The second kappa shape index (κ2) is 11.2. The Hall–Kier alpha value is -3.87. The number of esters is 1. The summed E-state index contributed by atoms with van der Waals surface area (Å²) in [6.45, 7) is 13.2. The standard InChI is InChI=1S/C29H34N2O5/c1-7-17-29(26(32)34-8-2,31-27(33)36-28(4,5)6)22-13-15-23(16-14-22)35-19-21-18-20(3)30-25-12-10-9-11-24(21)25/h7,9-16,18H,1,8,17,19H2,2-6H3,(H,31,33)/t29-/m1/s1. The summed E-state index contributed by atoms with van der Waals surface area (Å²) in [4.78, 5) is 30.4. The third-order valence-corrected chi connectivity index (χ3v) is 5.46. The van der Waals surface area contributed by atoms with Crippen LogP contribution in [0.25, 0.3) is 10.9 Å². The van der Waals surface area contributed by atoms with Gasteiger partial charge in [-0.3, -0.25) is 4.98 Å². The fraction of sp³-hybridized carbons (Fsp3) is 0.345. The van der Waals surface area contributed by atoms with Gasteiger partial charge in [0, 0.05) is 23.1 Å². The van der Waals surface area contributed by atoms with Gasteiger partial charge >= 0.3 is 12.1 Å². The summed E-state index contributed by atoms with van der Waals surface area (Å²) in [6, 6.07) is 17.0. The zero-order valence-electron chi connectivity index (χ0n) is 21.6. The summed E-state index contributed by atoms with van der Waals surface area (Å²) in [5, 5.41) is 3.77. The minimum atomic E-state index is -1.49. The number of hydrogen-bond donors (Lipinski definition) is 1. The lowest BCUT2D eigenvalue weighted by Crippen LogP contribution is -2.53. The van der Waals surface area contributed by atoms with Crippen molar-refractivity contribution in [2.24, 2.45) is 0 Å². The molecule has 0 aliphatic heterocycles. The van der Waals surface area contributed by atoms with Crippen LogP contribution in [-0.4, -0.2) is 29.3 Å². The highest BCUT2D eigenvalue weighted by molar-refractivity contribution is 5.87. The van der Waals surface area contributed by atoms with Crippen molar-refractivity contribution in [1.82, 2.24) is 10.3 Å². The number of pyridine rings is 1. The first-order valence-electron chi connectivity index (χ1n) is 12.0. The number of fused-ring (bicyclic) bond motifs is 1. The largest absolute Gasteiger partial charge is 0.489 e. The lowest BCUT2D eigenvalue weighted by molar-refractivity contribution is -0.151. The number of benzene rings is 2. The number of alkyl carbamates (subject to hydrolysis) is 1. The summed E-state index contributed by atoms with van der Waals surface area (Å²) >= 11 is 0. The number of para-hydroxylation sites is 1. The SMILES string of the molecule is C=CC[C@](NC(=O)OC(C)(C)C)(C(=O)OCC)c1ccc(OCc2cc(C)nc3ccccc23)cc1. The number of hydrogen-bond acceptors (Lipinski definition) is 6. The van der Waals surface area contributed by atoms with Crippen LogP contribution in [0.5, 0.6) is 5.75 Å². The van der Waals surface area contributed by atoms with E-state index in [4.69, 9.17) is 14.2 Å². The molecule has 3 aromatic rings. The molecule has 3 rings (SSSR count). The van der Waals surface area contributed by atoms with E-state index in [0.717, 1.165) is 22.2 Å². The van der Waals surface area contributed by atoms with Crippen LogP contribution in [0.4, 0.5) is 4.79 Å². The molecule has 7 nitrogen and oxygen atoms in total. The Labute approximate surface area is 212 Å². The number of carbonyl (C=O) groups excluding carboxylic acids is 2. The van der Waals surface area contributed by atoms with Gasteiger partial charge in [0.2, 0.25) is 0 Å². The van der Waals surface area contributed by atoms with E-state index in [9.17, 15) is 9.59 Å². The minimum Gasteiger partial charge on any atom is -0.489 e. The Morgan fingerprint density at radius 3 is 2.42 bits per heavy atom. The summed E-state index contributed by atoms with van der Waals surface area (Å²) < 4.78 is 16.8. The third-order valence-electron chi connectivity index (χ3n) is 5.46. The highest BCUT2D eigenvalue weighted by Crippen LogP contribution is 2.30. The summed E-state index contributed by atoms with van der Waals surface area (Å²) in [5.41, 5.74) is 1.18. The lowest BCUT2D eigenvalue weighted by Gasteiger charge is -2.33. The van der Waals surface area contributed by atoms with E-state index in [1.54, 1.807) is 58.0 Å². The normalized spacial score (nSPS) is 12.9.